The number of aliphatic hydroxyl groups is 1. The quantitative estimate of drug-likeness (QED) is 0.810. The van der Waals surface area contributed by atoms with Gasteiger partial charge in [-0.15, -0.1) is 0 Å². The van der Waals surface area contributed by atoms with Gasteiger partial charge in [-0.05, 0) is 43.4 Å². The highest BCUT2D eigenvalue weighted by molar-refractivity contribution is 6.08. The molecule has 25 heavy (non-hydrogen) atoms. The fourth-order valence-corrected chi connectivity index (χ4v) is 3.96. The number of aliphatic hydroxyl groups excluding tert-OH is 1. The maximum atomic E-state index is 13.8. The maximum Gasteiger partial charge on any atom is 0.253 e. The van der Waals surface area contributed by atoms with Gasteiger partial charge < -0.3 is 15.0 Å². The van der Waals surface area contributed by atoms with Gasteiger partial charge in [-0.3, -0.25) is 4.79 Å². The van der Waals surface area contributed by atoms with Crippen molar-refractivity contribution in [2.45, 2.75) is 52.0 Å². The van der Waals surface area contributed by atoms with Gasteiger partial charge in [0.2, 0.25) is 0 Å². The second-order valence-corrected chi connectivity index (χ2v) is 7.14. The number of hydrogen-bond donors (Lipinski definition) is 2. The van der Waals surface area contributed by atoms with Crippen molar-refractivity contribution in [1.29, 1.82) is 0 Å². The van der Waals surface area contributed by atoms with Gasteiger partial charge in [0.25, 0.3) is 5.91 Å². The highest BCUT2D eigenvalue weighted by Gasteiger charge is 2.19. The Labute approximate surface area is 148 Å². The largest absolute Gasteiger partial charge is 0.395 e. The summed E-state index contributed by atoms with van der Waals surface area (Å²) in [5.41, 5.74) is 1.96. The minimum Gasteiger partial charge on any atom is -0.395 e. The van der Waals surface area contributed by atoms with Gasteiger partial charge in [0.1, 0.15) is 5.82 Å². The van der Waals surface area contributed by atoms with Crippen LogP contribution in [-0.4, -0.2) is 28.7 Å². The summed E-state index contributed by atoms with van der Waals surface area (Å²) in [4.78, 5) is 12.8. The van der Waals surface area contributed by atoms with E-state index in [0.29, 0.717) is 30.1 Å². The number of halogens is 1. The summed E-state index contributed by atoms with van der Waals surface area (Å²) in [6, 6.07) is 2.88. The first kappa shape index (κ1) is 17.9. The van der Waals surface area contributed by atoms with E-state index in [0.717, 1.165) is 10.9 Å². The van der Waals surface area contributed by atoms with Gasteiger partial charge in [-0.2, -0.15) is 0 Å². The molecule has 0 spiro atoms. The van der Waals surface area contributed by atoms with E-state index in [2.05, 4.69) is 5.32 Å². The van der Waals surface area contributed by atoms with Gasteiger partial charge in [0.05, 0.1) is 17.7 Å². The molecule has 0 radical (unpaired) electrons. The molecule has 136 valence electrons. The Morgan fingerprint density at radius 1 is 1.28 bits per heavy atom. The van der Waals surface area contributed by atoms with Crippen molar-refractivity contribution in [2.75, 3.05) is 13.2 Å². The molecular formula is C20H27FN2O2. The third-order valence-corrected chi connectivity index (χ3v) is 5.25. The summed E-state index contributed by atoms with van der Waals surface area (Å²) in [5.74, 6) is 0.115. The van der Waals surface area contributed by atoms with Crippen LogP contribution in [0.5, 0.6) is 0 Å². The monoisotopic (exact) mass is 346 g/mol. The zero-order valence-corrected chi connectivity index (χ0v) is 14.9. The van der Waals surface area contributed by atoms with Crippen molar-refractivity contribution in [3.8, 4) is 0 Å². The minimum atomic E-state index is -0.326. The SMILES string of the molecule is Cc1cc(F)cc2c1c(C(=O)NCC1CCCCCC1)cn2CCO. The topological polar surface area (TPSA) is 54.3 Å². The lowest BCUT2D eigenvalue weighted by Crippen LogP contribution is -2.29. The summed E-state index contributed by atoms with van der Waals surface area (Å²) >= 11 is 0. The first-order chi connectivity index (χ1) is 12.1. The number of carbonyl (C=O) groups is 1. The van der Waals surface area contributed by atoms with E-state index in [9.17, 15) is 14.3 Å². The van der Waals surface area contributed by atoms with Crippen LogP contribution >= 0.6 is 0 Å². The van der Waals surface area contributed by atoms with E-state index < -0.39 is 0 Å². The molecule has 0 aliphatic heterocycles. The third kappa shape index (κ3) is 4.03. The van der Waals surface area contributed by atoms with Crippen LogP contribution in [0, 0.1) is 18.7 Å². The van der Waals surface area contributed by atoms with Crippen LogP contribution in [0.1, 0.15) is 54.4 Å². The first-order valence-electron chi connectivity index (χ1n) is 9.28. The Morgan fingerprint density at radius 3 is 2.68 bits per heavy atom. The summed E-state index contributed by atoms with van der Waals surface area (Å²) in [6.45, 7) is 2.81. The molecule has 1 amide bonds. The molecule has 3 rings (SSSR count). The number of aryl methyl sites for hydroxylation is 1. The standard InChI is InChI=1S/C20H27FN2O2/c1-14-10-16(21)11-18-19(14)17(13-23(18)8-9-24)20(25)22-12-15-6-4-2-3-5-7-15/h10-11,13,15,24H,2-9,12H2,1H3,(H,22,25). The van der Waals surface area contributed by atoms with Gasteiger partial charge in [0, 0.05) is 24.7 Å². The molecule has 4 nitrogen and oxygen atoms in total. The van der Waals surface area contributed by atoms with E-state index in [1.807, 2.05) is 6.92 Å². The van der Waals surface area contributed by atoms with E-state index >= 15 is 0 Å². The van der Waals surface area contributed by atoms with Crippen LogP contribution in [0.4, 0.5) is 4.39 Å². The number of carbonyl (C=O) groups excluding carboxylic acids is 1. The Bertz CT molecular complexity index is 746. The highest BCUT2D eigenvalue weighted by Crippen LogP contribution is 2.27. The zero-order valence-electron chi connectivity index (χ0n) is 14.9. The minimum absolute atomic E-state index is 0.0531. The van der Waals surface area contributed by atoms with Crippen LogP contribution in [0.2, 0.25) is 0 Å². The fourth-order valence-electron chi connectivity index (χ4n) is 3.96. The van der Waals surface area contributed by atoms with E-state index in [1.54, 1.807) is 10.8 Å². The summed E-state index contributed by atoms with van der Waals surface area (Å²) in [7, 11) is 0. The second kappa shape index (κ2) is 8.00. The molecule has 1 heterocycles. The second-order valence-electron chi connectivity index (χ2n) is 7.14. The number of rotatable bonds is 5. The molecule has 1 fully saturated rings. The molecule has 0 unspecified atom stereocenters. The lowest BCUT2D eigenvalue weighted by molar-refractivity contribution is 0.0947. The molecule has 1 saturated carbocycles. The molecule has 5 heteroatoms. The van der Waals surface area contributed by atoms with Crippen molar-refractivity contribution in [3.63, 3.8) is 0 Å². The maximum absolute atomic E-state index is 13.8. The van der Waals surface area contributed by atoms with Gasteiger partial charge in [-0.1, -0.05) is 25.7 Å². The van der Waals surface area contributed by atoms with Crippen LogP contribution in [-0.2, 0) is 6.54 Å². The number of fused-ring (bicyclic) bond motifs is 1. The average Bonchev–Trinajstić information content (AvgIpc) is 2.77. The van der Waals surface area contributed by atoms with Crippen molar-refractivity contribution < 1.29 is 14.3 Å². The summed E-state index contributed by atoms with van der Waals surface area (Å²) in [5, 5.41) is 13.1. The van der Waals surface area contributed by atoms with Crippen LogP contribution in [0.3, 0.4) is 0 Å². The molecular weight excluding hydrogens is 319 g/mol. The number of hydrogen-bond acceptors (Lipinski definition) is 2. The molecule has 0 bridgehead atoms. The Morgan fingerprint density at radius 2 is 2.00 bits per heavy atom. The van der Waals surface area contributed by atoms with Gasteiger partial charge in [-0.25, -0.2) is 4.39 Å². The third-order valence-electron chi connectivity index (χ3n) is 5.25. The van der Waals surface area contributed by atoms with Crippen molar-refractivity contribution in [2.24, 2.45) is 5.92 Å². The van der Waals surface area contributed by atoms with Crippen molar-refractivity contribution in [3.05, 3.63) is 35.3 Å². The molecule has 2 aromatic rings. The zero-order chi connectivity index (χ0) is 17.8. The molecule has 0 saturated heterocycles. The van der Waals surface area contributed by atoms with Crippen molar-refractivity contribution >= 4 is 16.8 Å². The van der Waals surface area contributed by atoms with Crippen LogP contribution in [0.25, 0.3) is 10.9 Å². The number of aromatic nitrogens is 1. The average molecular weight is 346 g/mol. The van der Waals surface area contributed by atoms with Gasteiger partial charge >= 0.3 is 0 Å². The fraction of sp³-hybridized carbons (Fsp3) is 0.550. The lowest BCUT2D eigenvalue weighted by atomic mass is 10.00. The Hall–Kier alpha value is -1.88. The predicted octanol–water partition coefficient (Wildman–Crippen LogP) is 3.78. The highest BCUT2D eigenvalue weighted by atomic mass is 19.1. The van der Waals surface area contributed by atoms with Crippen LogP contribution < -0.4 is 5.32 Å². The number of nitrogens with one attached hydrogen (secondary N) is 1. The summed E-state index contributed by atoms with van der Waals surface area (Å²) < 4.78 is 15.5. The first-order valence-corrected chi connectivity index (χ1v) is 9.28. The van der Waals surface area contributed by atoms with Crippen LogP contribution in [0.15, 0.2) is 18.3 Å². The predicted molar refractivity (Wildman–Crippen MR) is 97.2 cm³/mol. The van der Waals surface area contributed by atoms with E-state index in [4.69, 9.17) is 0 Å². The van der Waals surface area contributed by atoms with Crippen molar-refractivity contribution in [1.82, 2.24) is 9.88 Å². The molecule has 1 aromatic carbocycles. The Kier molecular flexibility index (Phi) is 5.74. The van der Waals surface area contributed by atoms with E-state index in [1.165, 1.54) is 50.7 Å². The number of nitrogens with zero attached hydrogens (tertiary/aromatic N) is 1. The normalized spacial score (nSPS) is 16.1. The molecule has 1 aliphatic rings. The van der Waals surface area contributed by atoms with Gasteiger partial charge in [0.15, 0.2) is 0 Å². The molecule has 1 aliphatic carbocycles. The number of amides is 1. The number of benzene rings is 1. The smallest absolute Gasteiger partial charge is 0.253 e. The molecule has 1 aromatic heterocycles. The Balaban J connectivity index is 1.83. The van der Waals surface area contributed by atoms with E-state index in [-0.39, 0.29) is 18.3 Å². The molecule has 0 atom stereocenters. The lowest BCUT2D eigenvalue weighted by Gasteiger charge is -2.14. The summed E-state index contributed by atoms with van der Waals surface area (Å²) in [6.07, 6.45) is 9.17. The molecule has 2 N–H and O–H groups in total.